The normalized spacial score (nSPS) is 20.9. The minimum Gasteiger partial charge on any atom is -0.341 e. The Morgan fingerprint density at radius 3 is 2.72 bits per heavy atom. The molecule has 1 aromatic carbocycles. The summed E-state index contributed by atoms with van der Waals surface area (Å²) in [6, 6.07) is 14.6. The molecule has 2 aromatic heterocycles. The van der Waals surface area contributed by atoms with Crippen LogP contribution in [0.2, 0.25) is 0 Å². The summed E-state index contributed by atoms with van der Waals surface area (Å²) >= 11 is 1.65. The quantitative estimate of drug-likeness (QED) is 0.706. The Morgan fingerprint density at radius 2 is 2.03 bits per heavy atom. The van der Waals surface area contributed by atoms with Gasteiger partial charge in [-0.1, -0.05) is 36.4 Å². The summed E-state index contributed by atoms with van der Waals surface area (Å²) in [6.07, 6.45) is 0.506. The van der Waals surface area contributed by atoms with Crippen LogP contribution in [0.4, 0.5) is 0 Å². The number of carbonyl (C=O) groups excluding carboxylic acids is 1. The Balaban J connectivity index is 1.32. The summed E-state index contributed by atoms with van der Waals surface area (Å²) in [5, 5.41) is 9.51. The Kier molecular flexibility index (Phi) is 4.72. The van der Waals surface area contributed by atoms with Gasteiger partial charge in [-0.05, 0) is 23.9 Å². The van der Waals surface area contributed by atoms with Crippen molar-refractivity contribution in [1.82, 2.24) is 25.0 Å². The fraction of sp³-hybridized carbons (Fsp3) is 0.409. The van der Waals surface area contributed by atoms with Crippen LogP contribution in [0.3, 0.4) is 0 Å². The maximum absolute atomic E-state index is 12.7. The van der Waals surface area contributed by atoms with Crippen molar-refractivity contribution in [3.63, 3.8) is 0 Å². The molecule has 4 heterocycles. The van der Waals surface area contributed by atoms with Gasteiger partial charge in [0.2, 0.25) is 5.91 Å². The number of amides is 1. The molecule has 1 N–H and O–H groups in total. The predicted octanol–water partition coefficient (Wildman–Crippen LogP) is 2.85. The van der Waals surface area contributed by atoms with Gasteiger partial charge in [0.05, 0.1) is 6.42 Å². The maximum Gasteiger partial charge on any atom is 0.227 e. The van der Waals surface area contributed by atoms with Crippen molar-refractivity contribution in [3.05, 3.63) is 69.9 Å². The molecule has 0 bridgehead atoms. The zero-order chi connectivity index (χ0) is 19.8. The van der Waals surface area contributed by atoms with Gasteiger partial charge in [0.25, 0.3) is 0 Å². The molecular weight excluding hydrogens is 382 g/mol. The number of hydrogen-bond acceptors (Lipinski definition) is 5. The average molecular weight is 408 g/mol. The SMILES string of the molecule is Cc1nc(C2CN(Cc3ccccc3)CC23CN(C(=O)Cc2cccs2)C3)n[nH]1. The molecule has 5 rings (SSSR count). The van der Waals surface area contributed by atoms with E-state index in [4.69, 9.17) is 0 Å². The van der Waals surface area contributed by atoms with Crippen molar-refractivity contribution in [2.45, 2.75) is 25.8 Å². The molecule has 6 nitrogen and oxygen atoms in total. The van der Waals surface area contributed by atoms with Gasteiger partial charge in [-0.2, -0.15) is 5.10 Å². The van der Waals surface area contributed by atoms with E-state index in [9.17, 15) is 4.79 Å². The highest BCUT2D eigenvalue weighted by atomic mass is 32.1. The number of aromatic nitrogens is 3. The number of benzene rings is 1. The van der Waals surface area contributed by atoms with Gasteiger partial charge in [-0.25, -0.2) is 4.98 Å². The number of likely N-dealkylation sites (tertiary alicyclic amines) is 2. The molecule has 1 unspecified atom stereocenters. The molecule has 2 saturated heterocycles. The van der Waals surface area contributed by atoms with E-state index in [2.05, 4.69) is 50.4 Å². The van der Waals surface area contributed by atoms with Crippen LogP contribution in [0.15, 0.2) is 47.8 Å². The summed E-state index contributed by atoms with van der Waals surface area (Å²) in [6.45, 7) is 6.35. The third-order valence-electron chi connectivity index (χ3n) is 6.16. The zero-order valence-electron chi connectivity index (χ0n) is 16.5. The molecule has 7 heteroatoms. The highest BCUT2D eigenvalue weighted by Gasteiger charge is 2.56. The smallest absolute Gasteiger partial charge is 0.227 e. The van der Waals surface area contributed by atoms with Crippen molar-refractivity contribution < 1.29 is 4.79 Å². The van der Waals surface area contributed by atoms with E-state index in [1.807, 2.05) is 29.3 Å². The van der Waals surface area contributed by atoms with E-state index in [-0.39, 0.29) is 17.2 Å². The van der Waals surface area contributed by atoms with Crippen LogP contribution in [0.25, 0.3) is 0 Å². The van der Waals surface area contributed by atoms with Gasteiger partial charge >= 0.3 is 0 Å². The van der Waals surface area contributed by atoms with Crippen LogP contribution in [-0.4, -0.2) is 57.1 Å². The summed E-state index contributed by atoms with van der Waals surface area (Å²) in [7, 11) is 0. The molecule has 3 aromatic rings. The lowest BCUT2D eigenvalue weighted by atomic mass is 9.71. The Bertz CT molecular complexity index is 978. The van der Waals surface area contributed by atoms with Crippen molar-refractivity contribution in [3.8, 4) is 0 Å². The molecule has 0 aliphatic carbocycles. The maximum atomic E-state index is 12.7. The topological polar surface area (TPSA) is 65.1 Å². The highest BCUT2D eigenvalue weighted by molar-refractivity contribution is 7.10. The number of aromatic amines is 1. The molecule has 2 aliphatic heterocycles. The van der Waals surface area contributed by atoms with Crippen molar-refractivity contribution in [2.75, 3.05) is 26.2 Å². The fourth-order valence-corrected chi connectivity index (χ4v) is 5.49. The first kappa shape index (κ1) is 18.5. The van der Waals surface area contributed by atoms with E-state index < -0.39 is 0 Å². The molecule has 0 radical (unpaired) electrons. The van der Waals surface area contributed by atoms with Gasteiger partial charge < -0.3 is 4.90 Å². The predicted molar refractivity (Wildman–Crippen MR) is 113 cm³/mol. The third kappa shape index (κ3) is 3.60. The van der Waals surface area contributed by atoms with Gasteiger partial charge in [-0.15, -0.1) is 11.3 Å². The summed E-state index contributed by atoms with van der Waals surface area (Å²) < 4.78 is 0. The molecular formula is C22H25N5OS. The second-order valence-corrected chi connectivity index (χ2v) is 9.39. The van der Waals surface area contributed by atoms with Crippen LogP contribution in [0, 0.1) is 12.3 Å². The number of hydrogen-bond donors (Lipinski definition) is 1. The summed E-state index contributed by atoms with van der Waals surface area (Å²) in [4.78, 5) is 23.0. The molecule has 2 aliphatic rings. The molecule has 29 heavy (non-hydrogen) atoms. The lowest BCUT2D eigenvalue weighted by Crippen LogP contribution is -2.61. The van der Waals surface area contributed by atoms with Crippen LogP contribution in [-0.2, 0) is 17.8 Å². The van der Waals surface area contributed by atoms with E-state index >= 15 is 0 Å². The summed E-state index contributed by atoms with van der Waals surface area (Å²) in [5.41, 5.74) is 1.37. The third-order valence-corrected chi connectivity index (χ3v) is 7.04. The standard InChI is InChI=1S/C22H25N5OS/c1-16-23-21(25-24-16)19-12-26(11-17-6-3-2-4-7-17)13-22(19)14-27(15-22)20(28)10-18-8-5-9-29-18/h2-9,19H,10-15H2,1H3,(H,23,24,25). The number of rotatable bonds is 5. The van der Waals surface area contributed by atoms with Gasteiger partial charge in [-0.3, -0.25) is 14.8 Å². The van der Waals surface area contributed by atoms with E-state index in [0.717, 1.165) is 49.2 Å². The molecule has 2 fully saturated rings. The number of carbonyl (C=O) groups is 1. The zero-order valence-corrected chi connectivity index (χ0v) is 17.4. The second-order valence-electron chi connectivity index (χ2n) is 8.36. The van der Waals surface area contributed by atoms with Crippen LogP contribution >= 0.6 is 11.3 Å². The fourth-order valence-electron chi connectivity index (χ4n) is 4.79. The van der Waals surface area contributed by atoms with Gasteiger partial charge in [0.15, 0.2) is 5.82 Å². The van der Waals surface area contributed by atoms with Crippen LogP contribution < -0.4 is 0 Å². The van der Waals surface area contributed by atoms with Gasteiger partial charge in [0, 0.05) is 48.9 Å². The van der Waals surface area contributed by atoms with E-state index in [1.54, 1.807) is 11.3 Å². The van der Waals surface area contributed by atoms with Crippen molar-refractivity contribution in [1.29, 1.82) is 0 Å². The number of nitrogens with one attached hydrogen (secondary N) is 1. The Morgan fingerprint density at radius 1 is 1.21 bits per heavy atom. The van der Waals surface area contributed by atoms with E-state index in [1.165, 1.54) is 5.56 Å². The number of aryl methyl sites for hydroxylation is 1. The first-order valence-electron chi connectivity index (χ1n) is 10.1. The Labute approximate surface area is 174 Å². The molecule has 1 atom stereocenters. The van der Waals surface area contributed by atoms with Crippen molar-refractivity contribution in [2.24, 2.45) is 5.41 Å². The first-order valence-corrected chi connectivity index (χ1v) is 10.9. The van der Waals surface area contributed by atoms with Crippen LogP contribution in [0.1, 0.15) is 28.0 Å². The molecule has 0 saturated carbocycles. The largest absolute Gasteiger partial charge is 0.341 e. The van der Waals surface area contributed by atoms with Crippen molar-refractivity contribution >= 4 is 17.2 Å². The average Bonchev–Trinajstić information content (AvgIpc) is 3.41. The number of thiophene rings is 1. The number of nitrogens with zero attached hydrogens (tertiary/aromatic N) is 4. The van der Waals surface area contributed by atoms with Gasteiger partial charge in [0.1, 0.15) is 5.82 Å². The summed E-state index contributed by atoms with van der Waals surface area (Å²) in [5.74, 6) is 2.22. The monoisotopic (exact) mass is 407 g/mol. The Hall–Kier alpha value is -2.51. The van der Waals surface area contributed by atoms with E-state index in [0.29, 0.717) is 6.42 Å². The number of H-pyrrole nitrogens is 1. The minimum atomic E-state index is 0.0501. The minimum absolute atomic E-state index is 0.0501. The lowest BCUT2D eigenvalue weighted by molar-refractivity contribution is -0.142. The second kappa shape index (κ2) is 7.39. The first-order chi connectivity index (χ1) is 14.1. The lowest BCUT2D eigenvalue weighted by Gasteiger charge is -2.50. The molecule has 1 spiro atoms. The molecule has 150 valence electrons. The highest BCUT2D eigenvalue weighted by Crippen LogP contribution is 2.48. The molecule has 1 amide bonds. The van der Waals surface area contributed by atoms with Crippen LogP contribution in [0.5, 0.6) is 0 Å².